The molecule has 0 fully saturated rings. The van der Waals surface area contributed by atoms with Gasteiger partial charge in [-0.25, -0.2) is 17.9 Å². The van der Waals surface area contributed by atoms with E-state index in [1.807, 2.05) is 24.3 Å². The number of carbonyl (C=O) groups is 2. The third-order valence-corrected chi connectivity index (χ3v) is 5.73. The van der Waals surface area contributed by atoms with Crippen LogP contribution in [-0.4, -0.2) is 37.5 Å². The van der Waals surface area contributed by atoms with Gasteiger partial charge in [-0.3, -0.25) is 4.79 Å². The standard InChI is InChI=1S/C18H22N2O5S/c1-3-18(2,17(22)23)20-16(21)10-11-19-26(24,25)15-9-8-13-6-4-5-7-14(13)12-15/h4-9,12,19H,3,10-11H2,1-2H3,(H,20,21)(H,22,23). The van der Waals surface area contributed by atoms with Crippen LogP contribution in [0.3, 0.4) is 0 Å². The van der Waals surface area contributed by atoms with Gasteiger partial charge in [0.1, 0.15) is 5.54 Å². The van der Waals surface area contributed by atoms with E-state index in [1.54, 1.807) is 19.1 Å². The Morgan fingerprint density at radius 1 is 1.12 bits per heavy atom. The molecule has 1 unspecified atom stereocenters. The highest BCUT2D eigenvalue weighted by atomic mass is 32.2. The maximum Gasteiger partial charge on any atom is 0.329 e. The molecule has 26 heavy (non-hydrogen) atoms. The molecular weight excluding hydrogens is 356 g/mol. The molecule has 0 aromatic heterocycles. The summed E-state index contributed by atoms with van der Waals surface area (Å²) in [7, 11) is -3.76. The van der Waals surface area contributed by atoms with Crippen molar-refractivity contribution in [2.24, 2.45) is 0 Å². The molecule has 0 aliphatic carbocycles. The van der Waals surface area contributed by atoms with Gasteiger partial charge in [-0.15, -0.1) is 0 Å². The van der Waals surface area contributed by atoms with Crippen LogP contribution in [0.2, 0.25) is 0 Å². The third kappa shape index (κ3) is 4.59. The van der Waals surface area contributed by atoms with Crippen LogP contribution in [0.5, 0.6) is 0 Å². The molecule has 1 atom stereocenters. The fourth-order valence-electron chi connectivity index (χ4n) is 2.38. The van der Waals surface area contributed by atoms with E-state index < -0.39 is 27.4 Å². The minimum atomic E-state index is -3.76. The molecule has 0 saturated heterocycles. The van der Waals surface area contributed by atoms with Crippen molar-refractivity contribution in [1.82, 2.24) is 10.0 Å². The second kappa shape index (κ2) is 7.84. The molecule has 0 bridgehead atoms. The van der Waals surface area contributed by atoms with Crippen LogP contribution in [0, 0.1) is 0 Å². The van der Waals surface area contributed by atoms with Crippen LogP contribution in [0.1, 0.15) is 26.7 Å². The zero-order chi connectivity index (χ0) is 19.4. The molecule has 0 heterocycles. The number of rotatable bonds is 8. The molecule has 2 rings (SSSR count). The lowest BCUT2D eigenvalue weighted by molar-refractivity contribution is -0.147. The van der Waals surface area contributed by atoms with Crippen LogP contribution < -0.4 is 10.0 Å². The third-order valence-electron chi connectivity index (χ3n) is 4.27. The number of hydrogen-bond acceptors (Lipinski definition) is 4. The first-order chi connectivity index (χ1) is 12.2. The topological polar surface area (TPSA) is 113 Å². The molecule has 8 heteroatoms. The first-order valence-electron chi connectivity index (χ1n) is 8.21. The quantitative estimate of drug-likeness (QED) is 0.649. The number of carboxylic acid groups (broad SMARTS) is 1. The Labute approximate surface area is 152 Å². The van der Waals surface area contributed by atoms with Crippen molar-refractivity contribution >= 4 is 32.7 Å². The molecule has 0 saturated carbocycles. The summed E-state index contributed by atoms with van der Waals surface area (Å²) in [6.07, 6.45) is 0.0621. The number of amides is 1. The number of benzene rings is 2. The lowest BCUT2D eigenvalue weighted by Crippen LogP contribution is -2.52. The van der Waals surface area contributed by atoms with Crippen LogP contribution >= 0.6 is 0 Å². The van der Waals surface area contributed by atoms with Gasteiger partial charge in [0.25, 0.3) is 0 Å². The number of sulfonamides is 1. The Morgan fingerprint density at radius 2 is 1.77 bits per heavy atom. The second-order valence-electron chi connectivity index (χ2n) is 6.20. The number of nitrogens with one attached hydrogen (secondary N) is 2. The molecule has 2 aromatic carbocycles. The predicted molar refractivity (Wildman–Crippen MR) is 98.2 cm³/mol. The zero-order valence-corrected chi connectivity index (χ0v) is 15.5. The van der Waals surface area contributed by atoms with Crippen molar-refractivity contribution in [3.8, 4) is 0 Å². The summed E-state index contributed by atoms with van der Waals surface area (Å²) in [4.78, 5) is 23.2. The molecule has 0 spiro atoms. The largest absolute Gasteiger partial charge is 0.480 e. The summed E-state index contributed by atoms with van der Waals surface area (Å²) < 4.78 is 27.1. The number of aliphatic carboxylic acids is 1. The Hall–Kier alpha value is -2.45. The SMILES string of the molecule is CCC(C)(NC(=O)CCNS(=O)(=O)c1ccc2ccccc2c1)C(=O)O. The van der Waals surface area contributed by atoms with Gasteiger partial charge in [0, 0.05) is 13.0 Å². The summed E-state index contributed by atoms with van der Waals surface area (Å²) in [5, 5.41) is 13.3. The molecule has 140 valence electrons. The Morgan fingerprint density at radius 3 is 2.38 bits per heavy atom. The maximum absolute atomic E-state index is 12.4. The van der Waals surface area contributed by atoms with E-state index >= 15 is 0 Å². The van der Waals surface area contributed by atoms with Gasteiger partial charge in [-0.05, 0) is 36.2 Å². The molecular formula is C18H22N2O5S. The van der Waals surface area contributed by atoms with Gasteiger partial charge in [-0.2, -0.15) is 0 Å². The maximum atomic E-state index is 12.4. The number of hydrogen-bond donors (Lipinski definition) is 3. The van der Waals surface area contributed by atoms with Gasteiger partial charge in [0.15, 0.2) is 0 Å². The highest BCUT2D eigenvalue weighted by Gasteiger charge is 2.32. The fraction of sp³-hybridized carbons (Fsp3) is 0.333. The minimum Gasteiger partial charge on any atom is -0.480 e. The molecule has 2 aromatic rings. The molecule has 1 amide bonds. The zero-order valence-electron chi connectivity index (χ0n) is 14.7. The van der Waals surface area contributed by atoms with E-state index in [4.69, 9.17) is 5.11 Å². The lowest BCUT2D eigenvalue weighted by Gasteiger charge is -2.24. The van der Waals surface area contributed by atoms with Crippen LogP contribution in [0.15, 0.2) is 47.4 Å². The van der Waals surface area contributed by atoms with Crippen LogP contribution in [-0.2, 0) is 19.6 Å². The summed E-state index contributed by atoms with van der Waals surface area (Å²) in [6.45, 7) is 2.93. The predicted octanol–water partition coefficient (Wildman–Crippen LogP) is 1.88. The Balaban J connectivity index is 1.99. The van der Waals surface area contributed by atoms with Crippen molar-refractivity contribution in [2.45, 2.75) is 37.1 Å². The number of fused-ring (bicyclic) bond motifs is 1. The van der Waals surface area contributed by atoms with Crippen LogP contribution in [0.25, 0.3) is 10.8 Å². The molecule has 0 radical (unpaired) electrons. The second-order valence-corrected chi connectivity index (χ2v) is 7.96. The van der Waals surface area contributed by atoms with Crippen molar-refractivity contribution in [2.75, 3.05) is 6.54 Å². The number of carboxylic acids is 1. The van der Waals surface area contributed by atoms with Crippen LogP contribution in [0.4, 0.5) is 0 Å². The van der Waals surface area contributed by atoms with E-state index in [0.29, 0.717) is 0 Å². The summed E-state index contributed by atoms with van der Waals surface area (Å²) in [5.74, 6) is -1.66. The number of carbonyl (C=O) groups excluding carboxylic acids is 1. The van der Waals surface area contributed by atoms with Crippen molar-refractivity contribution < 1.29 is 23.1 Å². The molecule has 0 aliphatic rings. The molecule has 7 nitrogen and oxygen atoms in total. The van der Waals surface area contributed by atoms with Gasteiger partial charge >= 0.3 is 5.97 Å². The normalized spacial score (nSPS) is 13.9. The highest BCUT2D eigenvalue weighted by Crippen LogP contribution is 2.18. The van der Waals surface area contributed by atoms with Gasteiger partial charge in [0.05, 0.1) is 4.90 Å². The summed E-state index contributed by atoms with van der Waals surface area (Å²) in [6, 6.07) is 12.2. The van der Waals surface area contributed by atoms with Crippen molar-refractivity contribution in [1.29, 1.82) is 0 Å². The average Bonchev–Trinajstić information content (AvgIpc) is 2.60. The minimum absolute atomic E-state index is 0.112. The van der Waals surface area contributed by atoms with Gasteiger partial charge < -0.3 is 10.4 Å². The van der Waals surface area contributed by atoms with E-state index in [1.165, 1.54) is 13.0 Å². The summed E-state index contributed by atoms with van der Waals surface area (Å²) >= 11 is 0. The first kappa shape index (κ1) is 19.9. The van der Waals surface area contributed by atoms with E-state index in [-0.39, 0.29) is 24.3 Å². The molecule has 0 aliphatic heterocycles. The Bertz CT molecular complexity index is 926. The van der Waals surface area contributed by atoms with Crippen molar-refractivity contribution in [3.63, 3.8) is 0 Å². The van der Waals surface area contributed by atoms with Gasteiger partial charge in [0.2, 0.25) is 15.9 Å². The van der Waals surface area contributed by atoms with Crippen molar-refractivity contribution in [3.05, 3.63) is 42.5 Å². The highest BCUT2D eigenvalue weighted by molar-refractivity contribution is 7.89. The molecule has 3 N–H and O–H groups in total. The van der Waals surface area contributed by atoms with E-state index in [9.17, 15) is 18.0 Å². The average molecular weight is 378 g/mol. The fourth-order valence-corrected chi connectivity index (χ4v) is 3.45. The Kier molecular flexibility index (Phi) is 5.99. The van der Waals surface area contributed by atoms with E-state index in [2.05, 4.69) is 10.0 Å². The monoisotopic (exact) mass is 378 g/mol. The lowest BCUT2D eigenvalue weighted by atomic mass is 9.99. The first-order valence-corrected chi connectivity index (χ1v) is 9.69. The van der Waals surface area contributed by atoms with Gasteiger partial charge in [-0.1, -0.05) is 37.3 Å². The van der Waals surface area contributed by atoms with E-state index in [0.717, 1.165) is 10.8 Å². The smallest absolute Gasteiger partial charge is 0.329 e. The summed E-state index contributed by atoms with van der Waals surface area (Å²) in [5.41, 5.74) is -1.37.